The average molecular weight is 409 g/mol. The molecule has 0 unspecified atom stereocenters. The maximum Gasteiger partial charge on any atom is 0.210 e. The van der Waals surface area contributed by atoms with E-state index in [4.69, 9.17) is 10.6 Å². The van der Waals surface area contributed by atoms with E-state index in [1.807, 2.05) is 41.1 Å². The van der Waals surface area contributed by atoms with E-state index in [0.29, 0.717) is 22.7 Å². The second-order valence-corrected chi connectivity index (χ2v) is 8.18. The Balaban J connectivity index is 1.43. The molecule has 0 saturated heterocycles. The number of nitrogen functional groups attached to an aromatic ring is 1. The van der Waals surface area contributed by atoms with Crippen molar-refractivity contribution in [2.24, 2.45) is 0 Å². The van der Waals surface area contributed by atoms with E-state index in [0.717, 1.165) is 22.7 Å². The lowest BCUT2D eigenvalue weighted by Gasteiger charge is -2.14. The summed E-state index contributed by atoms with van der Waals surface area (Å²) < 4.78 is 9.52. The highest BCUT2D eigenvalue weighted by Gasteiger charge is 2.14. The summed E-state index contributed by atoms with van der Waals surface area (Å²) in [5, 5.41) is 9.04. The molecular formula is C21H24N6OS. The molecule has 4 aromatic rings. The van der Waals surface area contributed by atoms with Gasteiger partial charge in [0.2, 0.25) is 5.16 Å². The largest absolute Gasteiger partial charge is 0.485 e. The van der Waals surface area contributed by atoms with Crippen LogP contribution in [0.25, 0.3) is 5.65 Å². The van der Waals surface area contributed by atoms with Crippen molar-refractivity contribution in [3.63, 3.8) is 0 Å². The minimum atomic E-state index is 0.265. The fraction of sp³-hybridized carbons (Fsp3) is 0.286. The van der Waals surface area contributed by atoms with Crippen molar-refractivity contribution >= 4 is 17.4 Å². The van der Waals surface area contributed by atoms with E-state index < -0.39 is 0 Å². The Morgan fingerprint density at radius 3 is 2.83 bits per heavy atom. The van der Waals surface area contributed by atoms with Gasteiger partial charge in [0.25, 0.3) is 0 Å². The first-order valence-electron chi connectivity index (χ1n) is 9.49. The molecule has 7 nitrogen and oxygen atoms in total. The van der Waals surface area contributed by atoms with Crippen LogP contribution in [0.5, 0.6) is 5.75 Å². The number of imidazole rings is 1. The molecule has 8 heteroatoms. The van der Waals surface area contributed by atoms with Crippen molar-refractivity contribution < 1.29 is 4.74 Å². The van der Waals surface area contributed by atoms with E-state index >= 15 is 0 Å². The quantitative estimate of drug-likeness (QED) is 0.368. The number of thioether (sulfide) groups is 1. The van der Waals surface area contributed by atoms with Crippen LogP contribution >= 0.6 is 11.8 Å². The molecule has 150 valence electrons. The molecule has 0 aliphatic rings. The van der Waals surface area contributed by atoms with Crippen molar-refractivity contribution in [3.8, 4) is 5.75 Å². The second-order valence-electron chi connectivity index (χ2n) is 7.24. The van der Waals surface area contributed by atoms with Crippen molar-refractivity contribution in [2.45, 2.75) is 44.2 Å². The van der Waals surface area contributed by atoms with Crippen molar-refractivity contribution in [1.82, 2.24) is 24.3 Å². The number of ether oxygens (including phenoxy) is 1. The molecular weight excluding hydrogens is 384 g/mol. The van der Waals surface area contributed by atoms with E-state index in [2.05, 4.69) is 48.1 Å². The third kappa shape index (κ3) is 4.22. The molecule has 0 fully saturated rings. The van der Waals surface area contributed by atoms with Gasteiger partial charge in [-0.15, -0.1) is 10.2 Å². The van der Waals surface area contributed by atoms with Crippen LogP contribution in [0.4, 0.5) is 0 Å². The Morgan fingerprint density at radius 1 is 1.17 bits per heavy atom. The third-order valence-electron chi connectivity index (χ3n) is 4.65. The third-order valence-corrected chi connectivity index (χ3v) is 5.62. The Hall–Kier alpha value is -3.00. The lowest BCUT2D eigenvalue weighted by atomic mass is 10.0. The van der Waals surface area contributed by atoms with Gasteiger partial charge >= 0.3 is 0 Å². The van der Waals surface area contributed by atoms with E-state index in [1.165, 1.54) is 22.0 Å². The number of hydrogen-bond donors (Lipinski definition) is 1. The molecule has 2 N–H and O–H groups in total. The first-order valence-corrected chi connectivity index (χ1v) is 10.5. The summed E-state index contributed by atoms with van der Waals surface area (Å²) in [6, 6.07) is 12.2. The number of rotatable bonds is 7. The fourth-order valence-corrected chi connectivity index (χ4v) is 3.84. The molecule has 0 radical (unpaired) electrons. The monoisotopic (exact) mass is 408 g/mol. The maximum atomic E-state index is 6.20. The molecule has 29 heavy (non-hydrogen) atoms. The van der Waals surface area contributed by atoms with Gasteiger partial charge in [-0.25, -0.2) is 9.66 Å². The highest BCUT2D eigenvalue weighted by atomic mass is 32.2. The van der Waals surface area contributed by atoms with Gasteiger partial charge in [0.15, 0.2) is 5.82 Å². The Morgan fingerprint density at radius 2 is 2.03 bits per heavy atom. The van der Waals surface area contributed by atoms with Crippen molar-refractivity contribution in [3.05, 3.63) is 71.4 Å². The highest BCUT2D eigenvalue weighted by Crippen LogP contribution is 2.28. The van der Waals surface area contributed by atoms with Crippen LogP contribution in [-0.4, -0.2) is 24.3 Å². The first-order chi connectivity index (χ1) is 14.0. The number of nitrogens with two attached hydrogens (primary N) is 1. The fourth-order valence-electron chi connectivity index (χ4n) is 3.09. The molecule has 0 spiro atoms. The highest BCUT2D eigenvalue weighted by molar-refractivity contribution is 7.98. The molecule has 0 saturated carbocycles. The van der Waals surface area contributed by atoms with Gasteiger partial charge in [0, 0.05) is 18.1 Å². The number of aryl methyl sites for hydroxylation is 1. The topological polar surface area (TPSA) is 83.3 Å². The molecule has 0 atom stereocenters. The lowest BCUT2D eigenvalue weighted by Crippen LogP contribution is -2.16. The van der Waals surface area contributed by atoms with Crippen molar-refractivity contribution in [1.29, 1.82) is 0 Å². The van der Waals surface area contributed by atoms with Gasteiger partial charge in [0.1, 0.15) is 18.0 Å². The predicted molar refractivity (Wildman–Crippen MR) is 115 cm³/mol. The molecule has 3 heterocycles. The first kappa shape index (κ1) is 19.3. The molecule has 0 aliphatic carbocycles. The summed E-state index contributed by atoms with van der Waals surface area (Å²) in [7, 11) is 0. The van der Waals surface area contributed by atoms with Gasteiger partial charge in [-0.05, 0) is 42.2 Å². The number of fused-ring (bicyclic) bond motifs is 1. The average Bonchev–Trinajstić information content (AvgIpc) is 3.27. The van der Waals surface area contributed by atoms with Crippen LogP contribution in [0.15, 0.2) is 53.9 Å². The minimum Gasteiger partial charge on any atom is -0.485 e. The zero-order valence-corrected chi connectivity index (χ0v) is 17.6. The summed E-state index contributed by atoms with van der Waals surface area (Å²) in [6.07, 6.45) is 3.99. The van der Waals surface area contributed by atoms with E-state index in [1.54, 1.807) is 0 Å². The van der Waals surface area contributed by atoms with Crippen LogP contribution in [0.2, 0.25) is 0 Å². The van der Waals surface area contributed by atoms with Gasteiger partial charge in [0.05, 0.1) is 5.69 Å². The van der Waals surface area contributed by atoms with Crippen LogP contribution in [0.1, 0.15) is 42.4 Å². The summed E-state index contributed by atoms with van der Waals surface area (Å²) in [4.78, 5) is 4.59. The maximum absolute atomic E-state index is 6.20. The number of nitrogens with zero attached hydrogens (tertiary/aromatic N) is 5. The summed E-state index contributed by atoms with van der Waals surface area (Å²) >= 11 is 1.50. The van der Waals surface area contributed by atoms with Crippen LogP contribution in [0, 0.1) is 6.92 Å². The number of benzene rings is 1. The van der Waals surface area contributed by atoms with Gasteiger partial charge in [-0.3, -0.25) is 0 Å². The summed E-state index contributed by atoms with van der Waals surface area (Å²) in [5.41, 5.74) is 4.20. The smallest absolute Gasteiger partial charge is 0.210 e. The van der Waals surface area contributed by atoms with Gasteiger partial charge in [-0.1, -0.05) is 43.8 Å². The van der Waals surface area contributed by atoms with E-state index in [-0.39, 0.29) is 6.61 Å². The minimum absolute atomic E-state index is 0.265. The molecule has 0 bridgehead atoms. The number of aromatic nitrogens is 5. The van der Waals surface area contributed by atoms with Gasteiger partial charge < -0.3 is 15.0 Å². The molecule has 0 amide bonds. The summed E-state index contributed by atoms with van der Waals surface area (Å²) in [6.45, 7) is 6.62. The lowest BCUT2D eigenvalue weighted by molar-refractivity contribution is 0.287. The van der Waals surface area contributed by atoms with Crippen LogP contribution in [0.3, 0.4) is 0 Å². The van der Waals surface area contributed by atoms with Crippen LogP contribution in [-0.2, 0) is 12.4 Å². The van der Waals surface area contributed by atoms with Crippen LogP contribution < -0.4 is 10.6 Å². The van der Waals surface area contributed by atoms with Gasteiger partial charge in [-0.2, -0.15) is 0 Å². The second kappa shape index (κ2) is 8.16. The SMILES string of the molecule is Cc1ccc(C(C)C)c(OCc2nnc(SCc3cn4ccccc4n3)n2N)c1. The Labute approximate surface area is 173 Å². The molecule has 4 rings (SSSR count). The predicted octanol–water partition coefficient (Wildman–Crippen LogP) is 3.94. The zero-order chi connectivity index (χ0) is 20.4. The van der Waals surface area contributed by atoms with Crippen molar-refractivity contribution in [2.75, 3.05) is 5.84 Å². The molecule has 3 aromatic heterocycles. The summed E-state index contributed by atoms with van der Waals surface area (Å²) in [5.74, 6) is 8.68. The zero-order valence-electron chi connectivity index (χ0n) is 16.7. The normalized spacial score (nSPS) is 11.4. The number of pyridine rings is 1. The Bertz CT molecular complexity index is 1100. The molecule has 0 aliphatic heterocycles. The number of hydrogen-bond acceptors (Lipinski definition) is 6. The Kier molecular flexibility index (Phi) is 5.44. The molecule has 1 aromatic carbocycles. The standard InChI is InChI=1S/C21H24N6OS/c1-14(2)17-8-7-15(3)10-18(17)28-12-20-24-25-21(27(20)22)29-13-16-11-26-9-5-4-6-19(26)23-16/h4-11,14H,12-13,22H2,1-3H3. The van der Waals surface area contributed by atoms with E-state index in [9.17, 15) is 0 Å².